The van der Waals surface area contributed by atoms with Crippen LogP contribution in [-0.4, -0.2) is 72.2 Å². The molecule has 0 spiro atoms. The molecule has 2 aliphatic rings. The molecule has 0 aromatic rings. The van der Waals surface area contributed by atoms with Crippen molar-refractivity contribution in [2.45, 2.75) is 57.3 Å². The molecule has 0 atom stereocenters. The fraction of sp³-hybridized carbons (Fsp3) is 0.867. The first-order valence-electron chi connectivity index (χ1n) is 8.28. The summed E-state index contributed by atoms with van der Waals surface area (Å²) in [6.45, 7) is 6.44. The predicted molar refractivity (Wildman–Crippen MR) is 89.6 cm³/mol. The van der Waals surface area contributed by atoms with Crippen LogP contribution in [0.3, 0.4) is 0 Å². The van der Waals surface area contributed by atoms with Crippen molar-refractivity contribution in [2.24, 2.45) is 0 Å². The van der Waals surface area contributed by atoms with Gasteiger partial charge in [0.2, 0.25) is 0 Å². The Morgan fingerprint density at radius 1 is 1.36 bits per heavy atom. The third-order valence-electron chi connectivity index (χ3n) is 4.44. The van der Waals surface area contributed by atoms with E-state index in [1.54, 1.807) is 20.8 Å². The molecule has 25 heavy (non-hydrogen) atoms. The number of nitrogens with zero attached hydrogens (tertiary/aromatic N) is 3. The summed E-state index contributed by atoms with van der Waals surface area (Å²) in [6, 6.07) is 2.13. The highest BCUT2D eigenvalue weighted by Gasteiger charge is 2.52. The number of carbonyl (C=O) groups is 1. The second kappa shape index (κ2) is 7.07. The third kappa shape index (κ3) is 4.82. The molecule has 1 amide bonds. The van der Waals surface area contributed by atoms with E-state index in [2.05, 4.69) is 11.0 Å². The Morgan fingerprint density at radius 3 is 2.40 bits per heavy atom. The van der Waals surface area contributed by atoms with Crippen LogP contribution in [0.15, 0.2) is 0 Å². The molecule has 2 heterocycles. The Labute approximate surface area is 148 Å². The maximum Gasteiger partial charge on any atom is 0.422 e. The SMILES string of the molecule is CC(C)(C)OC(=O)NS(=O)(=O)N1CC(CC#N)(N2CCC(O)CC2)C1. The zero-order valence-corrected chi connectivity index (χ0v) is 15.7. The van der Waals surface area contributed by atoms with Gasteiger partial charge < -0.3 is 9.84 Å². The molecule has 0 saturated carbocycles. The number of carbonyl (C=O) groups excluding carboxylic acids is 1. The van der Waals surface area contributed by atoms with Gasteiger partial charge in [-0.2, -0.15) is 18.0 Å². The number of aliphatic hydroxyl groups is 1. The Hall–Kier alpha value is -1.41. The number of piperidine rings is 1. The molecular formula is C15H26N4O5S. The highest BCUT2D eigenvalue weighted by molar-refractivity contribution is 7.87. The number of ether oxygens (including phenoxy) is 1. The molecule has 0 bridgehead atoms. The van der Waals surface area contributed by atoms with Crippen LogP contribution in [0.4, 0.5) is 4.79 Å². The van der Waals surface area contributed by atoms with Gasteiger partial charge in [0, 0.05) is 26.2 Å². The summed E-state index contributed by atoms with van der Waals surface area (Å²) in [5, 5.41) is 18.8. The van der Waals surface area contributed by atoms with E-state index in [0.717, 1.165) is 4.31 Å². The van der Waals surface area contributed by atoms with Gasteiger partial charge in [-0.3, -0.25) is 4.90 Å². The standard InChI is InChI=1S/C15H26N4O5S/c1-14(2,3)24-13(21)17-25(22,23)19-10-15(11-19,6-7-16)18-8-4-12(20)5-9-18/h12,20H,4-6,8-11H2,1-3H3,(H,17,21). The topological polar surface area (TPSA) is 123 Å². The molecule has 2 N–H and O–H groups in total. The first-order chi connectivity index (χ1) is 11.5. The van der Waals surface area contributed by atoms with Crippen molar-refractivity contribution in [3.63, 3.8) is 0 Å². The van der Waals surface area contributed by atoms with E-state index < -0.39 is 27.4 Å². The Bertz CT molecular complexity index is 638. The van der Waals surface area contributed by atoms with Crippen molar-refractivity contribution >= 4 is 16.3 Å². The lowest BCUT2D eigenvalue weighted by atomic mass is 9.85. The van der Waals surface area contributed by atoms with Crippen LogP contribution >= 0.6 is 0 Å². The van der Waals surface area contributed by atoms with Gasteiger partial charge in [0.05, 0.1) is 24.1 Å². The summed E-state index contributed by atoms with van der Waals surface area (Å²) in [4.78, 5) is 13.8. The van der Waals surface area contributed by atoms with Crippen LogP contribution in [0, 0.1) is 11.3 Å². The van der Waals surface area contributed by atoms with Crippen LogP contribution in [-0.2, 0) is 14.9 Å². The third-order valence-corrected chi connectivity index (χ3v) is 5.80. The van der Waals surface area contributed by atoms with Crippen molar-refractivity contribution in [2.75, 3.05) is 26.2 Å². The molecule has 0 aliphatic carbocycles. The van der Waals surface area contributed by atoms with E-state index in [9.17, 15) is 18.3 Å². The summed E-state index contributed by atoms with van der Waals surface area (Å²) < 4.78 is 32.6. The monoisotopic (exact) mass is 374 g/mol. The fourth-order valence-electron chi connectivity index (χ4n) is 3.16. The molecule has 2 aliphatic heterocycles. The first kappa shape index (κ1) is 19.9. The average molecular weight is 374 g/mol. The molecule has 0 aromatic heterocycles. The number of amides is 1. The summed E-state index contributed by atoms with van der Waals surface area (Å²) in [5.74, 6) is 0. The van der Waals surface area contributed by atoms with E-state index in [1.807, 2.05) is 4.72 Å². The summed E-state index contributed by atoms with van der Waals surface area (Å²) >= 11 is 0. The van der Waals surface area contributed by atoms with Gasteiger partial charge in [0.15, 0.2) is 0 Å². The normalized spacial score (nSPS) is 22.7. The van der Waals surface area contributed by atoms with Crippen LogP contribution in [0.2, 0.25) is 0 Å². The lowest BCUT2D eigenvalue weighted by Gasteiger charge is -2.55. The zero-order chi connectivity index (χ0) is 18.9. The second-order valence-corrected chi connectivity index (χ2v) is 9.33. The minimum Gasteiger partial charge on any atom is -0.443 e. The lowest BCUT2D eigenvalue weighted by molar-refractivity contribution is -0.0437. The molecule has 0 aromatic carbocycles. The molecule has 2 saturated heterocycles. The van der Waals surface area contributed by atoms with Gasteiger partial charge in [0.1, 0.15) is 5.60 Å². The van der Waals surface area contributed by atoms with Gasteiger partial charge in [-0.05, 0) is 33.6 Å². The van der Waals surface area contributed by atoms with Crippen LogP contribution in [0.1, 0.15) is 40.0 Å². The number of hydrogen-bond acceptors (Lipinski definition) is 7. The van der Waals surface area contributed by atoms with Crippen LogP contribution in [0.5, 0.6) is 0 Å². The average Bonchev–Trinajstić information content (AvgIpc) is 2.40. The number of nitriles is 1. The summed E-state index contributed by atoms with van der Waals surface area (Å²) in [5.41, 5.74) is -1.36. The first-order valence-corrected chi connectivity index (χ1v) is 9.72. The Kier molecular flexibility index (Phi) is 5.63. The quantitative estimate of drug-likeness (QED) is 0.719. The van der Waals surface area contributed by atoms with Crippen molar-refractivity contribution in [3.05, 3.63) is 0 Å². The van der Waals surface area contributed by atoms with E-state index in [0.29, 0.717) is 25.9 Å². The highest BCUT2D eigenvalue weighted by Crippen LogP contribution is 2.34. The molecule has 142 valence electrons. The number of likely N-dealkylation sites (tertiary alicyclic amines) is 1. The van der Waals surface area contributed by atoms with Crippen molar-refractivity contribution in [1.29, 1.82) is 5.26 Å². The summed E-state index contributed by atoms with van der Waals surface area (Å²) in [7, 11) is -4.01. The molecule has 2 fully saturated rings. The van der Waals surface area contributed by atoms with Crippen LogP contribution in [0.25, 0.3) is 0 Å². The molecule has 10 heteroatoms. The predicted octanol–water partition coefficient (Wildman–Crippen LogP) is 0.181. The van der Waals surface area contributed by atoms with Crippen molar-refractivity contribution in [1.82, 2.24) is 13.9 Å². The van der Waals surface area contributed by atoms with E-state index in [4.69, 9.17) is 10.00 Å². The van der Waals surface area contributed by atoms with Gasteiger partial charge >= 0.3 is 16.3 Å². The van der Waals surface area contributed by atoms with E-state index >= 15 is 0 Å². The van der Waals surface area contributed by atoms with E-state index in [1.165, 1.54) is 0 Å². The molecule has 0 unspecified atom stereocenters. The lowest BCUT2D eigenvalue weighted by Crippen LogP contribution is -2.73. The number of rotatable bonds is 4. The number of hydrogen-bond donors (Lipinski definition) is 2. The zero-order valence-electron chi connectivity index (χ0n) is 14.9. The number of nitrogens with one attached hydrogen (secondary N) is 1. The maximum atomic E-state index is 12.3. The highest BCUT2D eigenvalue weighted by atomic mass is 32.2. The number of aliphatic hydroxyl groups excluding tert-OH is 1. The smallest absolute Gasteiger partial charge is 0.422 e. The molecular weight excluding hydrogens is 348 g/mol. The second-order valence-electron chi connectivity index (χ2n) is 7.65. The Morgan fingerprint density at radius 2 is 1.92 bits per heavy atom. The van der Waals surface area contributed by atoms with Gasteiger partial charge in [0.25, 0.3) is 0 Å². The van der Waals surface area contributed by atoms with Gasteiger partial charge in [-0.15, -0.1) is 0 Å². The van der Waals surface area contributed by atoms with Gasteiger partial charge in [-0.25, -0.2) is 9.52 Å². The minimum absolute atomic E-state index is 0.134. The van der Waals surface area contributed by atoms with Crippen LogP contribution < -0.4 is 4.72 Å². The fourth-order valence-corrected chi connectivity index (χ4v) is 4.36. The van der Waals surface area contributed by atoms with E-state index in [-0.39, 0.29) is 25.6 Å². The molecule has 2 rings (SSSR count). The molecule has 9 nitrogen and oxygen atoms in total. The largest absolute Gasteiger partial charge is 0.443 e. The summed E-state index contributed by atoms with van der Waals surface area (Å²) in [6.07, 6.45) is 0.0452. The maximum absolute atomic E-state index is 12.3. The van der Waals surface area contributed by atoms with Crippen molar-refractivity contribution in [3.8, 4) is 6.07 Å². The van der Waals surface area contributed by atoms with Crippen molar-refractivity contribution < 1.29 is 23.1 Å². The molecule has 0 radical (unpaired) electrons. The Balaban J connectivity index is 1.99. The van der Waals surface area contributed by atoms with Gasteiger partial charge in [-0.1, -0.05) is 0 Å². The minimum atomic E-state index is -4.01.